The van der Waals surface area contributed by atoms with Gasteiger partial charge in [-0.05, 0) is 67.9 Å². The van der Waals surface area contributed by atoms with E-state index in [-0.39, 0.29) is 5.75 Å². The molecule has 2 heterocycles. The van der Waals surface area contributed by atoms with Crippen LogP contribution in [0.25, 0.3) is 11.1 Å². The number of rotatable bonds is 7. The molecule has 0 amide bonds. The smallest absolute Gasteiger partial charge is 0.406 e. The molecule has 4 rings (SSSR count). The van der Waals surface area contributed by atoms with Crippen molar-refractivity contribution in [1.82, 2.24) is 9.97 Å². The van der Waals surface area contributed by atoms with Crippen LogP contribution in [0.15, 0.2) is 55.0 Å². The molecule has 1 saturated carbocycles. The molecule has 0 radical (unpaired) electrons. The summed E-state index contributed by atoms with van der Waals surface area (Å²) in [5, 5.41) is 3.73. The van der Waals surface area contributed by atoms with Crippen LogP contribution in [0.4, 0.5) is 18.9 Å². The van der Waals surface area contributed by atoms with Gasteiger partial charge in [0.05, 0.1) is 10.7 Å². The van der Waals surface area contributed by atoms with Crippen LogP contribution >= 0.6 is 11.6 Å². The van der Waals surface area contributed by atoms with Crippen LogP contribution in [0, 0.1) is 5.92 Å². The highest BCUT2D eigenvalue weighted by atomic mass is 35.5. The number of nitrogens with one attached hydrogen (secondary N) is 1. The second-order valence-electron chi connectivity index (χ2n) is 8.65. The van der Waals surface area contributed by atoms with Gasteiger partial charge in [0.1, 0.15) is 5.75 Å². The van der Waals surface area contributed by atoms with Gasteiger partial charge in [-0.25, -0.2) is 0 Å². The zero-order chi connectivity index (χ0) is 24.1. The Morgan fingerprint density at radius 2 is 1.85 bits per heavy atom. The number of ether oxygens (including phenoxy) is 1. The molecule has 1 aliphatic carbocycles. The number of nitrogens with zero attached hydrogens (tertiary/aromatic N) is 2. The summed E-state index contributed by atoms with van der Waals surface area (Å²) >= 11 is 6.46. The van der Waals surface area contributed by atoms with E-state index < -0.39 is 6.36 Å². The van der Waals surface area contributed by atoms with Crippen molar-refractivity contribution in [3.05, 3.63) is 71.3 Å². The lowest BCUT2D eigenvalue weighted by Crippen LogP contribution is -2.27. The summed E-state index contributed by atoms with van der Waals surface area (Å²) in [6.45, 7) is 0.305. The minimum absolute atomic E-state index is 0.255. The molecule has 1 aliphatic rings. The first kappa shape index (κ1) is 24.3. The maximum absolute atomic E-state index is 12.5. The van der Waals surface area contributed by atoms with Crippen molar-refractivity contribution in [2.24, 2.45) is 11.7 Å². The molecule has 3 N–H and O–H groups in total. The van der Waals surface area contributed by atoms with E-state index in [9.17, 15) is 13.2 Å². The summed E-state index contributed by atoms with van der Waals surface area (Å²) < 4.78 is 41.4. The van der Waals surface area contributed by atoms with Gasteiger partial charge >= 0.3 is 6.36 Å². The maximum Gasteiger partial charge on any atom is 0.573 e. The molecule has 5 nitrogen and oxygen atoms in total. The first-order valence-electron chi connectivity index (χ1n) is 11.2. The van der Waals surface area contributed by atoms with E-state index in [0.29, 0.717) is 29.1 Å². The second-order valence-corrected chi connectivity index (χ2v) is 9.06. The number of benzene rings is 1. The second kappa shape index (κ2) is 10.6. The number of nitrogens with two attached hydrogens (primary N) is 1. The fraction of sp³-hybridized carbons (Fsp3) is 0.360. The highest BCUT2D eigenvalue weighted by molar-refractivity contribution is 6.33. The molecule has 180 valence electrons. The Labute approximate surface area is 201 Å². The van der Waals surface area contributed by atoms with Crippen molar-refractivity contribution < 1.29 is 17.9 Å². The zero-order valence-corrected chi connectivity index (χ0v) is 19.2. The molecule has 34 heavy (non-hydrogen) atoms. The van der Waals surface area contributed by atoms with Gasteiger partial charge in [-0.2, -0.15) is 0 Å². The van der Waals surface area contributed by atoms with Crippen molar-refractivity contribution in [1.29, 1.82) is 0 Å². The van der Waals surface area contributed by atoms with Gasteiger partial charge in [0, 0.05) is 48.0 Å². The minimum atomic E-state index is -4.73. The molecule has 0 bridgehead atoms. The van der Waals surface area contributed by atoms with Crippen LogP contribution in [0.1, 0.15) is 36.9 Å². The average Bonchev–Trinajstić information content (AvgIpc) is 2.80. The number of hydrogen-bond acceptors (Lipinski definition) is 5. The lowest BCUT2D eigenvalue weighted by Gasteiger charge is -2.25. The Bertz CT molecular complexity index is 1120. The van der Waals surface area contributed by atoms with E-state index in [2.05, 4.69) is 20.0 Å². The summed E-state index contributed by atoms with van der Waals surface area (Å²) in [7, 11) is 0. The van der Waals surface area contributed by atoms with Crippen molar-refractivity contribution in [3.8, 4) is 16.9 Å². The first-order chi connectivity index (χ1) is 16.2. The van der Waals surface area contributed by atoms with Gasteiger partial charge in [-0.3, -0.25) is 9.97 Å². The molecule has 3 aromatic rings. The topological polar surface area (TPSA) is 73.1 Å². The van der Waals surface area contributed by atoms with Gasteiger partial charge in [0.25, 0.3) is 0 Å². The standard InChI is InChI=1S/C25H26ClF3N4O/c26-24-15-33-20(8-16-4-6-19(30)7-5-16)11-23(24)18-10-21(14-31-13-18)32-12-17-2-1-3-22(9-17)34-25(27,28)29/h1-3,9-11,13-16,19,32H,4-8,12,30H2. The lowest BCUT2D eigenvalue weighted by molar-refractivity contribution is -0.274. The Kier molecular flexibility index (Phi) is 7.58. The molecule has 1 aromatic carbocycles. The molecular weight excluding hydrogens is 465 g/mol. The van der Waals surface area contributed by atoms with Crippen LogP contribution in [-0.4, -0.2) is 22.4 Å². The summed E-state index contributed by atoms with van der Waals surface area (Å²) in [5.41, 5.74) is 10.0. The Balaban J connectivity index is 1.45. The van der Waals surface area contributed by atoms with Crippen LogP contribution in [0.3, 0.4) is 0 Å². The molecule has 0 spiro atoms. The number of hydrogen-bond donors (Lipinski definition) is 2. The summed E-state index contributed by atoms with van der Waals surface area (Å²) in [5.74, 6) is 0.319. The molecule has 2 aromatic heterocycles. The van der Waals surface area contributed by atoms with Crippen molar-refractivity contribution in [2.75, 3.05) is 5.32 Å². The van der Waals surface area contributed by atoms with Gasteiger partial charge in [-0.15, -0.1) is 13.2 Å². The van der Waals surface area contributed by atoms with E-state index in [0.717, 1.165) is 54.6 Å². The van der Waals surface area contributed by atoms with E-state index in [1.54, 1.807) is 24.7 Å². The van der Waals surface area contributed by atoms with E-state index in [1.165, 1.54) is 18.2 Å². The Hall–Kier alpha value is -2.84. The molecular formula is C25H26ClF3N4O. The lowest BCUT2D eigenvalue weighted by atomic mass is 9.83. The number of pyridine rings is 2. The third-order valence-electron chi connectivity index (χ3n) is 5.98. The predicted molar refractivity (Wildman–Crippen MR) is 127 cm³/mol. The molecule has 0 atom stereocenters. The molecule has 9 heteroatoms. The highest BCUT2D eigenvalue weighted by Crippen LogP contribution is 2.32. The number of halogens is 4. The fourth-order valence-corrected chi connectivity index (χ4v) is 4.46. The van der Waals surface area contributed by atoms with Crippen LogP contribution in [-0.2, 0) is 13.0 Å². The van der Waals surface area contributed by atoms with Crippen molar-refractivity contribution in [3.63, 3.8) is 0 Å². The SMILES string of the molecule is NC1CCC(Cc2cc(-c3cncc(NCc4cccc(OC(F)(F)F)c4)c3)c(Cl)cn2)CC1. The Morgan fingerprint density at radius 3 is 2.62 bits per heavy atom. The monoisotopic (exact) mass is 490 g/mol. The third-order valence-corrected chi connectivity index (χ3v) is 6.28. The first-order valence-corrected chi connectivity index (χ1v) is 11.6. The number of alkyl halides is 3. The number of aromatic nitrogens is 2. The normalized spacial score (nSPS) is 18.5. The highest BCUT2D eigenvalue weighted by Gasteiger charge is 2.31. The van der Waals surface area contributed by atoms with Crippen LogP contribution in [0.2, 0.25) is 5.02 Å². The number of anilines is 1. The van der Waals surface area contributed by atoms with Crippen molar-refractivity contribution >= 4 is 17.3 Å². The largest absolute Gasteiger partial charge is 0.573 e. The van der Waals surface area contributed by atoms with Gasteiger partial charge in [0.2, 0.25) is 0 Å². The van der Waals surface area contributed by atoms with Gasteiger partial charge < -0.3 is 15.8 Å². The zero-order valence-electron chi connectivity index (χ0n) is 18.5. The third kappa shape index (κ3) is 6.84. The molecule has 1 fully saturated rings. The quantitative estimate of drug-likeness (QED) is 0.402. The van der Waals surface area contributed by atoms with E-state index >= 15 is 0 Å². The van der Waals surface area contributed by atoms with Crippen LogP contribution < -0.4 is 15.8 Å². The Morgan fingerprint density at radius 1 is 1.06 bits per heavy atom. The molecule has 0 aliphatic heterocycles. The minimum Gasteiger partial charge on any atom is -0.406 e. The van der Waals surface area contributed by atoms with Crippen molar-refractivity contribution in [2.45, 2.75) is 51.1 Å². The maximum atomic E-state index is 12.5. The fourth-order valence-electron chi connectivity index (χ4n) is 4.24. The molecule has 0 unspecified atom stereocenters. The van der Waals surface area contributed by atoms with Gasteiger partial charge in [0.15, 0.2) is 0 Å². The summed E-state index contributed by atoms with van der Waals surface area (Å²) in [4.78, 5) is 8.82. The van der Waals surface area contributed by atoms with E-state index in [1.807, 2.05) is 12.1 Å². The summed E-state index contributed by atoms with van der Waals surface area (Å²) in [6, 6.07) is 10.1. The predicted octanol–water partition coefficient (Wildman–Crippen LogP) is 6.37. The van der Waals surface area contributed by atoms with E-state index in [4.69, 9.17) is 17.3 Å². The summed E-state index contributed by atoms with van der Waals surface area (Å²) in [6.07, 6.45) is 5.53. The average molecular weight is 491 g/mol. The van der Waals surface area contributed by atoms with Gasteiger partial charge in [-0.1, -0.05) is 23.7 Å². The molecule has 0 saturated heterocycles. The van der Waals surface area contributed by atoms with Crippen LogP contribution in [0.5, 0.6) is 5.75 Å².